The van der Waals surface area contributed by atoms with Gasteiger partial charge in [0, 0.05) is 28.0 Å². The van der Waals surface area contributed by atoms with Crippen LogP contribution in [0, 0.1) is 0 Å². The molecule has 8 nitrogen and oxygen atoms in total. The average Bonchev–Trinajstić information content (AvgIpc) is 3.03. The second kappa shape index (κ2) is 11.3. The predicted molar refractivity (Wildman–Crippen MR) is 154 cm³/mol. The maximum Gasteiger partial charge on any atom is 0.339 e. The molecule has 1 aliphatic rings. The van der Waals surface area contributed by atoms with Crippen molar-refractivity contribution in [2.45, 2.75) is 12.5 Å². The number of benzene rings is 4. The van der Waals surface area contributed by atoms with Gasteiger partial charge in [-0.3, -0.25) is 0 Å². The van der Waals surface area contributed by atoms with E-state index in [1.165, 1.54) is 14.2 Å². The van der Waals surface area contributed by atoms with Crippen molar-refractivity contribution in [3.63, 3.8) is 0 Å². The largest absolute Gasteiger partial charge is 0.497 e. The van der Waals surface area contributed by atoms with E-state index < -0.39 is 17.5 Å². The number of methoxy groups -OCH3 is 4. The van der Waals surface area contributed by atoms with Crippen molar-refractivity contribution in [1.82, 2.24) is 0 Å². The molecule has 0 radical (unpaired) electrons. The van der Waals surface area contributed by atoms with E-state index in [1.54, 1.807) is 39.4 Å². The fourth-order valence-corrected chi connectivity index (χ4v) is 5.21. The topological polar surface area (TPSA) is 89.5 Å². The quantitative estimate of drug-likeness (QED) is 0.240. The van der Waals surface area contributed by atoms with Gasteiger partial charge in [0.15, 0.2) is 5.60 Å². The summed E-state index contributed by atoms with van der Waals surface area (Å²) in [6.45, 7) is 1.84. The molecule has 0 spiro atoms. The lowest BCUT2D eigenvalue weighted by Gasteiger charge is -2.38. The molecule has 0 unspecified atom stereocenters. The number of hydrogen-bond donors (Lipinski definition) is 0. The van der Waals surface area contributed by atoms with E-state index in [9.17, 15) is 9.59 Å². The van der Waals surface area contributed by atoms with E-state index in [0.717, 1.165) is 11.1 Å². The first-order valence-electron chi connectivity index (χ1n) is 13.0. The first kappa shape index (κ1) is 27.6. The molecule has 0 aromatic heterocycles. The smallest absolute Gasteiger partial charge is 0.339 e. The summed E-state index contributed by atoms with van der Waals surface area (Å²) in [6, 6.07) is 22.3. The fraction of sp³-hybridized carbons (Fsp3) is 0.212. The third-order valence-corrected chi connectivity index (χ3v) is 7.14. The fourth-order valence-electron chi connectivity index (χ4n) is 5.21. The van der Waals surface area contributed by atoms with Gasteiger partial charge in [0.1, 0.15) is 23.0 Å². The Morgan fingerprint density at radius 1 is 0.707 bits per heavy atom. The van der Waals surface area contributed by atoms with Gasteiger partial charge in [-0.1, -0.05) is 48.5 Å². The SMILES string of the molecule is CCOC(=O)c1c(C(=O)OC)c2c(c3ccccc13)OC(c1ccc(OC)cc1)(c1ccc(OC)cc1)C=C2OC. The van der Waals surface area contributed by atoms with E-state index >= 15 is 0 Å². The lowest BCUT2D eigenvalue weighted by molar-refractivity contribution is 0.0505. The lowest BCUT2D eigenvalue weighted by Crippen LogP contribution is -2.36. The third-order valence-electron chi connectivity index (χ3n) is 7.14. The van der Waals surface area contributed by atoms with E-state index in [1.807, 2.05) is 60.7 Å². The highest BCUT2D eigenvalue weighted by molar-refractivity contribution is 6.17. The molecule has 0 fully saturated rings. The van der Waals surface area contributed by atoms with Crippen LogP contribution in [0.4, 0.5) is 0 Å². The van der Waals surface area contributed by atoms with Gasteiger partial charge in [0.25, 0.3) is 0 Å². The molecular formula is C33H30O8. The molecule has 0 amide bonds. The highest BCUT2D eigenvalue weighted by atomic mass is 16.5. The molecule has 8 heteroatoms. The number of carbonyl (C=O) groups is 2. The Hall–Kier alpha value is -4.98. The number of rotatable bonds is 8. The van der Waals surface area contributed by atoms with E-state index in [2.05, 4.69) is 0 Å². The van der Waals surface area contributed by atoms with Gasteiger partial charge >= 0.3 is 11.9 Å². The molecule has 0 aliphatic carbocycles. The number of fused-ring (bicyclic) bond motifs is 3. The van der Waals surface area contributed by atoms with E-state index in [-0.39, 0.29) is 17.7 Å². The zero-order valence-corrected chi connectivity index (χ0v) is 23.5. The van der Waals surface area contributed by atoms with Gasteiger partial charge < -0.3 is 28.4 Å². The minimum absolute atomic E-state index is 0.00538. The van der Waals surface area contributed by atoms with Crippen molar-refractivity contribution in [2.75, 3.05) is 35.0 Å². The average molecular weight is 555 g/mol. The standard InChI is InChI=1S/C33H30O8/c1-6-40-32(35)27-24-9-7-8-10-25(24)30-28(29(27)31(34)39-5)26(38-4)19-33(41-30,20-11-15-22(36-2)16-12-20)21-13-17-23(37-3)18-14-21/h7-19H,6H2,1-5H3. The van der Waals surface area contributed by atoms with E-state index in [0.29, 0.717) is 39.3 Å². The van der Waals surface area contributed by atoms with Crippen molar-refractivity contribution in [2.24, 2.45) is 0 Å². The highest BCUT2D eigenvalue weighted by Gasteiger charge is 2.44. The lowest BCUT2D eigenvalue weighted by atomic mass is 9.81. The normalized spacial score (nSPS) is 13.3. The van der Waals surface area contributed by atoms with Crippen LogP contribution >= 0.6 is 0 Å². The second-order valence-electron chi connectivity index (χ2n) is 9.22. The molecule has 0 saturated carbocycles. The van der Waals surface area contributed by atoms with Crippen molar-refractivity contribution in [3.05, 3.63) is 107 Å². The van der Waals surface area contributed by atoms with Gasteiger partial charge in [-0.05, 0) is 31.2 Å². The first-order valence-corrected chi connectivity index (χ1v) is 13.0. The van der Waals surface area contributed by atoms with Gasteiger partial charge in [-0.15, -0.1) is 0 Å². The summed E-state index contributed by atoms with van der Waals surface area (Å²) >= 11 is 0. The summed E-state index contributed by atoms with van der Waals surface area (Å²) in [4.78, 5) is 26.7. The minimum Gasteiger partial charge on any atom is -0.497 e. The van der Waals surface area contributed by atoms with Gasteiger partial charge in [-0.2, -0.15) is 0 Å². The summed E-state index contributed by atoms with van der Waals surface area (Å²) in [5, 5.41) is 1.09. The monoisotopic (exact) mass is 554 g/mol. The Morgan fingerprint density at radius 3 is 1.76 bits per heavy atom. The maximum absolute atomic E-state index is 13.4. The summed E-state index contributed by atoms with van der Waals surface area (Å²) in [7, 11) is 5.98. The maximum atomic E-state index is 13.4. The zero-order valence-electron chi connectivity index (χ0n) is 23.5. The van der Waals surface area contributed by atoms with Crippen LogP contribution in [-0.4, -0.2) is 47.0 Å². The molecule has 4 aromatic carbocycles. The summed E-state index contributed by atoms with van der Waals surface area (Å²) in [5.41, 5.74) is 0.757. The van der Waals surface area contributed by atoms with Crippen LogP contribution in [-0.2, 0) is 19.8 Å². The van der Waals surface area contributed by atoms with Crippen molar-refractivity contribution in [1.29, 1.82) is 0 Å². The van der Waals surface area contributed by atoms with E-state index in [4.69, 9.17) is 28.4 Å². The van der Waals surface area contributed by atoms with Gasteiger partial charge in [-0.25, -0.2) is 9.59 Å². The molecule has 0 saturated heterocycles. The molecule has 5 rings (SSSR count). The zero-order chi connectivity index (χ0) is 29.1. The Balaban J connectivity index is 1.90. The summed E-state index contributed by atoms with van der Waals surface area (Å²) < 4.78 is 34.3. The number of hydrogen-bond acceptors (Lipinski definition) is 8. The number of ether oxygens (including phenoxy) is 6. The Bertz CT molecular complexity index is 1590. The van der Waals surface area contributed by atoms with Gasteiger partial charge in [0.05, 0.1) is 51.7 Å². The van der Waals surface area contributed by atoms with Crippen LogP contribution in [0.5, 0.6) is 17.2 Å². The van der Waals surface area contributed by atoms with Crippen LogP contribution in [0.1, 0.15) is 44.3 Å². The molecule has 0 bridgehead atoms. The molecule has 0 N–H and O–H groups in total. The third kappa shape index (κ3) is 4.61. The van der Waals surface area contributed by atoms with Crippen LogP contribution in [0.2, 0.25) is 0 Å². The minimum atomic E-state index is -1.20. The molecular weight excluding hydrogens is 524 g/mol. The van der Waals surface area contributed by atoms with Crippen LogP contribution in [0.25, 0.3) is 16.5 Å². The van der Waals surface area contributed by atoms with Crippen molar-refractivity contribution < 1.29 is 38.0 Å². The number of esters is 2. The van der Waals surface area contributed by atoms with Crippen LogP contribution < -0.4 is 14.2 Å². The molecule has 210 valence electrons. The van der Waals surface area contributed by atoms with Crippen molar-refractivity contribution in [3.8, 4) is 17.2 Å². The summed E-state index contributed by atoms with van der Waals surface area (Å²) in [5.74, 6) is 0.689. The molecule has 1 aliphatic heterocycles. The molecule has 1 heterocycles. The molecule has 4 aromatic rings. The molecule has 41 heavy (non-hydrogen) atoms. The number of carbonyl (C=O) groups excluding carboxylic acids is 2. The van der Waals surface area contributed by atoms with Crippen LogP contribution in [0.3, 0.4) is 0 Å². The second-order valence-corrected chi connectivity index (χ2v) is 9.22. The predicted octanol–water partition coefficient (Wildman–Crippen LogP) is 6.14. The van der Waals surface area contributed by atoms with Crippen LogP contribution in [0.15, 0.2) is 78.9 Å². The highest BCUT2D eigenvalue weighted by Crippen LogP contribution is 2.51. The van der Waals surface area contributed by atoms with Crippen molar-refractivity contribution >= 4 is 28.5 Å². The molecule has 0 atom stereocenters. The summed E-state index contributed by atoms with van der Waals surface area (Å²) in [6.07, 6.45) is 1.80. The Labute approximate surface area is 238 Å². The Morgan fingerprint density at radius 2 is 1.27 bits per heavy atom. The first-order chi connectivity index (χ1) is 19.9. The Kier molecular flexibility index (Phi) is 7.57. The van der Waals surface area contributed by atoms with Gasteiger partial charge in [0.2, 0.25) is 0 Å².